The van der Waals surface area contributed by atoms with Crippen LogP contribution in [0.15, 0.2) is 0 Å². The van der Waals surface area contributed by atoms with Crippen LogP contribution in [-0.4, -0.2) is 73.2 Å². The van der Waals surface area contributed by atoms with Crippen molar-refractivity contribution in [3.05, 3.63) is 0 Å². The van der Waals surface area contributed by atoms with Gasteiger partial charge in [-0.1, -0.05) is 6.92 Å². The fraction of sp³-hybridized carbons (Fsp3) is 0.929. The van der Waals surface area contributed by atoms with Crippen molar-refractivity contribution >= 4 is 5.97 Å². The van der Waals surface area contributed by atoms with Crippen molar-refractivity contribution in [2.75, 3.05) is 40.8 Å². The third-order valence-electron chi connectivity index (χ3n) is 3.59. The lowest BCUT2D eigenvalue weighted by Crippen LogP contribution is -2.53. The van der Waals surface area contributed by atoms with E-state index in [-0.39, 0.29) is 6.04 Å². The Bertz CT molecular complexity index is 271. The molecule has 5 heteroatoms. The van der Waals surface area contributed by atoms with E-state index in [2.05, 4.69) is 29.1 Å². The zero-order valence-corrected chi connectivity index (χ0v) is 13.4. The maximum absolute atomic E-state index is 11.5. The van der Waals surface area contributed by atoms with Crippen molar-refractivity contribution in [2.24, 2.45) is 0 Å². The molecule has 0 aliphatic carbocycles. The molecule has 0 bridgehead atoms. The number of likely N-dealkylation sites (N-methyl/N-ethyl adjacent to an activating group) is 2. The Morgan fingerprint density at radius 3 is 2.32 bits per heavy atom. The quantitative estimate of drug-likeness (QED) is 0.624. The average Bonchev–Trinajstić information content (AvgIpc) is 2.32. The molecule has 2 atom stereocenters. The van der Waals surface area contributed by atoms with Crippen LogP contribution < -0.4 is 5.32 Å². The third kappa shape index (κ3) is 6.89. The molecule has 19 heavy (non-hydrogen) atoms. The molecule has 0 radical (unpaired) electrons. The number of nitrogens with zero attached hydrogens (tertiary/aromatic N) is 2. The van der Waals surface area contributed by atoms with E-state index >= 15 is 0 Å². The van der Waals surface area contributed by atoms with Gasteiger partial charge in [-0.2, -0.15) is 0 Å². The molecule has 2 unspecified atom stereocenters. The van der Waals surface area contributed by atoms with Gasteiger partial charge in [-0.3, -0.25) is 4.79 Å². The van der Waals surface area contributed by atoms with Gasteiger partial charge in [-0.05, 0) is 54.4 Å². The molecule has 0 aromatic rings. The molecule has 0 spiro atoms. The van der Waals surface area contributed by atoms with Gasteiger partial charge < -0.3 is 20.2 Å². The molecule has 0 aromatic carbocycles. The van der Waals surface area contributed by atoms with Crippen LogP contribution >= 0.6 is 0 Å². The van der Waals surface area contributed by atoms with Gasteiger partial charge in [-0.25, -0.2) is 0 Å². The van der Waals surface area contributed by atoms with Crippen LogP contribution in [0.1, 0.15) is 33.6 Å². The highest BCUT2D eigenvalue weighted by Gasteiger charge is 2.34. The number of carbonyl (C=O) groups is 1. The maximum atomic E-state index is 11.5. The number of hydrogen-bond acceptors (Lipinski definition) is 4. The summed E-state index contributed by atoms with van der Waals surface area (Å²) in [5.74, 6) is -0.770. The monoisotopic (exact) mass is 273 g/mol. The molecule has 2 N–H and O–H groups in total. The van der Waals surface area contributed by atoms with E-state index < -0.39 is 11.5 Å². The number of hydrogen-bond donors (Lipinski definition) is 2. The molecule has 0 saturated heterocycles. The Hall–Kier alpha value is -0.650. The Morgan fingerprint density at radius 1 is 1.32 bits per heavy atom. The highest BCUT2D eigenvalue weighted by molar-refractivity contribution is 5.78. The summed E-state index contributed by atoms with van der Waals surface area (Å²) in [6, 6.07) is 0.227. The molecule has 0 saturated carbocycles. The first kappa shape index (κ1) is 18.4. The highest BCUT2D eigenvalue weighted by atomic mass is 16.4. The molecule has 0 rings (SSSR count). The summed E-state index contributed by atoms with van der Waals surface area (Å²) in [5, 5.41) is 12.6. The summed E-state index contributed by atoms with van der Waals surface area (Å²) >= 11 is 0. The van der Waals surface area contributed by atoms with Crippen LogP contribution in [0.2, 0.25) is 0 Å². The summed E-state index contributed by atoms with van der Waals surface area (Å²) in [6.07, 6.45) is 1.54. The number of carboxylic acid groups (broad SMARTS) is 1. The molecule has 0 aliphatic heterocycles. The second-order valence-electron chi connectivity index (χ2n) is 5.90. The van der Waals surface area contributed by atoms with Gasteiger partial charge in [0.1, 0.15) is 5.54 Å². The summed E-state index contributed by atoms with van der Waals surface area (Å²) in [7, 11) is 6.14. The van der Waals surface area contributed by atoms with Gasteiger partial charge in [0, 0.05) is 19.1 Å². The minimum Gasteiger partial charge on any atom is -0.480 e. The number of aliphatic carboxylic acids is 1. The highest BCUT2D eigenvalue weighted by Crippen LogP contribution is 2.16. The van der Waals surface area contributed by atoms with Crippen LogP contribution in [0, 0.1) is 0 Å². The van der Waals surface area contributed by atoms with Crippen molar-refractivity contribution in [2.45, 2.75) is 45.2 Å². The lowest BCUT2D eigenvalue weighted by Gasteiger charge is -2.34. The van der Waals surface area contributed by atoms with Gasteiger partial charge >= 0.3 is 5.97 Å². The molecule has 114 valence electrons. The summed E-state index contributed by atoms with van der Waals surface area (Å²) < 4.78 is 0. The van der Waals surface area contributed by atoms with Crippen molar-refractivity contribution in [3.63, 3.8) is 0 Å². The van der Waals surface area contributed by atoms with E-state index in [1.165, 1.54) is 0 Å². The molecule has 0 heterocycles. The van der Waals surface area contributed by atoms with E-state index in [9.17, 15) is 9.90 Å². The van der Waals surface area contributed by atoms with E-state index in [0.29, 0.717) is 6.42 Å². The van der Waals surface area contributed by atoms with E-state index in [1.807, 2.05) is 21.0 Å². The molecule has 5 nitrogen and oxygen atoms in total. The largest absolute Gasteiger partial charge is 0.480 e. The van der Waals surface area contributed by atoms with E-state index in [4.69, 9.17) is 0 Å². The minimum absolute atomic E-state index is 0.227. The van der Waals surface area contributed by atoms with Crippen molar-refractivity contribution in [3.8, 4) is 0 Å². The normalized spacial score (nSPS) is 16.6. The van der Waals surface area contributed by atoms with Crippen LogP contribution in [0.3, 0.4) is 0 Å². The second-order valence-corrected chi connectivity index (χ2v) is 5.90. The lowest BCUT2D eigenvalue weighted by atomic mass is 9.93. The zero-order chi connectivity index (χ0) is 15.1. The predicted molar refractivity (Wildman–Crippen MR) is 79.6 cm³/mol. The first-order chi connectivity index (χ1) is 8.73. The second kappa shape index (κ2) is 8.51. The van der Waals surface area contributed by atoms with Crippen LogP contribution in [0.25, 0.3) is 0 Å². The third-order valence-corrected chi connectivity index (χ3v) is 3.59. The Balaban J connectivity index is 4.45. The van der Waals surface area contributed by atoms with Gasteiger partial charge in [0.25, 0.3) is 0 Å². The Morgan fingerprint density at radius 2 is 1.89 bits per heavy atom. The number of rotatable bonds is 10. The smallest absolute Gasteiger partial charge is 0.323 e. The number of nitrogens with one attached hydrogen (secondary N) is 1. The molecule has 0 fully saturated rings. The standard InChI is InChI=1S/C14H31N3O2/c1-7-8-15-14(3,13(18)19)11-12(2)17(6)10-9-16(4)5/h12,15H,7-11H2,1-6H3,(H,18,19). The first-order valence-corrected chi connectivity index (χ1v) is 7.06. The van der Waals surface area contributed by atoms with Gasteiger partial charge in [0.05, 0.1) is 0 Å². The van der Waals surface area contributed by atoms with Crippen LogP contribution in [-0.2, 0) is 4.79 Å². The maximum Gasteiger partial charge on any atom is 0.323 e. The minimum atomic E-state index is -0.845. The molecule has 0 aliphatic rings. The predicted octanol–water partition coefficient (Wildman–Crippen LogP) is 1.10. The zero-order valence-electron chi connectivity index (χ0n) is 13.4. The van der Waals surface area contributed by atoms with E-state index in [0.717, 1.165) is 26.1 Å². The summed E-state index contributed by atoms with van der Waals surface area (Å²) in [4.78, 5) is 15.8. The van der Waals surface area contributed by atoms with Gasteiger partial charge in [0.15, 0.2) is 0 Å². The Labute approximate surface area is 118 Å². The topological polar surface area (TPSA) is 55.8 Å². The fourth-order valence-corrected chi connectivity index (χ4v) is 1.96. The molecule has 0 aromatic heterocycles. The van der Waals surface area contributed by atoms with Gasteiger partial charge in [0.2, 0.25) is 0 Å². The fourth-order valence-electron chi connectivity index (χ4n) is 1.96. The van der Waals surface area contributed by atoms with Crippen molar-refractivity contribution < 1.29 is 9.90 Å². The summed E-state index contributed by atoms with van der Waals surface area (Å²) in [5.41, 5.74) is -0.845. The molecule has 0 amide bonds. The van der Waals surface area contributed by atoms with E-state index in [1.54, 1.807) is 6.92 Å². The van der Waals surface area contributed by atoms with Crippen molar-refractivity contribution in [1.82, 2.24) is 15.1 Å². The summed E-state index contributed by atoms with van der Waals surface area (Å²) in [6.45, 7) is 8.56. The number of carboxylic acids is 1. The van der Waals surface area contributed by atoms with Crippen molar-refractivity contribution in [1.29, 1.82) is 0 Å². The van der Waals surface area contributed by atoms with Gasteiger partial charge in [-0.15, -0.1) is 0 Å². The van der Waals surface area contributed by atoms with Crippen LogP contribution in [0.4, 0.5) is 0 Å². The Kier molecular flexibility index (Phi) is 8.22. The molecular weight excluding hydrogens is 242 g/mol. The molecular formula is C14H31N3O2. The average molecular weight is 273 g/mol. The first-order valence-electron chi connectivity index (χ1n) is 7.06. The lowest BCUT2D eigenvalue weighted by molar-refractivity contribution is -0.145. The van der Waals surface area contributed by atoms with Crippen LogP contribution in [0.5, 0.6) is 0 Å². The SMILES string of the molecule is CCCNC(C)(CC(C)N(C)CCN(C)C)C(=O)O.